The van der Waals surface area contributed by atoms with Crippen LogP contribution in [0.15, 0.2) is 11.4 Å². The summed E-state index contributed by atoms with van der Waals surface area (Å²) in [7, 11) is 0. The summed E-state index contributed by atoms with van der Waals surface area (Å²) in [5.74, 6) is 0. The highest BCUT2D eigenvalue weighted by Crippen LogP contribution is 2.19. The molecule has 1 saturated heterocycles. The van der Waals surface area contributed by atoms with Crippen molar-refractivity contribution >= 4 is 11.3 Å². The van der Waals surface area contributed by atoms with E-state index in [1.807, 2.05) is 11.3 Å². The normalized spacial score (nSPS) is 17.8. The molecule has 1 aliphatic rings. The molecule has 1 aromatic heterocycles. The third kappa shape index (κ3) is 2.56. The van der Waals surface area contributed by atoms with Gasteiger partial charge in [0.05, 0.1) is 0 Å². The fourth-order valence-corrected chi connectivity index (χ4v) is 2.93. The van der Waals surface area contributed by atoms with Crippen LogP contribution in [-0.2, 0) is 13.0 Å². The van der Waals surface area contributed by atoms with E-state index in [9.17, 15) is 0 Å². The molecule has 2 nitrogen and oxygen atoms in total. The standard InChI is InChI=1S/C11H18N2S/c12-4-3-10-7-11(14-9-10)8-13-5-1-2-6-13/h7,9H,1-6,8,12H2. The quantitative estimate of drug-likeness (QED) is 0.821. The minimum Gasteiger partial charge on any atom is -0.330 e. The van der Waals surface area contributed by atoms with E-state index in [0.29, 0.717) is 0 Å². The number of thiophene rings is 1. The lowest BCUT2D eigenvalue weighted by Gasteiger charge is -2.12. The predicted octanol–water partition coefficient (Wildman–Crippen LogP) is 1.85. The zero-order valence-corrected chi connectivity index (χ0v) is 9.35. The Kier molecular flexibility index (Phi) is 3.56. The van der Waals surface area contributed by atoms with E-state index in [-0.39, 0.29) is 0 Å². The minimum atomic E-state index is 0.764. The minimum absolute atomic E-state index is 0.764. The molecule has 14 heavy (non-hydrogen) atoms. The third-order valence-corrected chi connectivity index (χ3v) is 3.69. The van der Waals surface area contributed by atoms with Crippen molar-refractivity contribution in [3.63, 3.8) is 0 Å². The fourth-order valence-electron chi connectivity index (χ4n) is 1.97. The van der Waals surface area contributed by atoms with E-state index in [4.69, 9.17) is 5.73 Å². The Labute approximate surface area is 89.7 Å². The first kappa shape index (κ1) is 10.1. The van der Waals surface area contributed by atoms with Gasteiger partial charge in [-0.25, -0.2) is 0 Å². The summed E-state index contributed by atoms with van der Waals surface area (Å²) in [6, 6.07) is 2.32. The van der Waals surface area contributed by atoms with Gasteiger partial charge in [-0.05, 0) is 55.9 Å². The van der Waals surface area contributed by atoms with E-state index in [0.717, 1.165) is 19.5 Å². The van der Waals surface area contributed by atoms with Crippen molar-refractivity contribution < 1.29 is 0 Å². The first-order valence-electron chi connectivity index (χ1n) is 5.37. The van der Waals surface area contributed by atoms with Gasteiger partial charge in [-0.3, -0.25) is 4.90 Å². The van der Waals surface area contributed by atoms with Crippen molar-refractivity contribution in [3.05, 3.63) is 21.9 Å². The maximum atomic E-state index is 5.53. The Morgan fingerprint density at radius 1 is 1.36 bits per heavy atom. The molecule has 0 unspecified atom stereocenters. The van der Waals surface area contributed by atoms with Crippen LogP contribution < -0.4 is 5.73 Å². The summed E-state index contributed by atoms with van der Waals surface area (Å²) < 4.78 is 0. The fraction of sp³-hybridized carbons (Fsp3) is 0.636. The Morgan fingerprint density at radius 2 is 2.14 bits per heavy atom. The Hall–Kier alpha value is -0.380. The molecule has 1 fully saturated rings. The van der Waals surface area contributed by atoms with Crippen molar-refractivity contribution in [2.24, 2.45) is 5.73 Å². The van der Waals surface area contributed by atoms with Crippen LogP contribution in [0.4, 0.5) is 0 Å². The lowest BCUT2D eigenvalue weighted by molar-refractivity contribution is 0.334. The number of hydrogen-bond acceptors (Lipinski definition) is 3. The van der Waals surface area contributed by atoms with E-state index in [1.165, 1.54) is 36.4 Å². The number of nitrogens with two attached hydrogens (primary N) is 1. The van der Waals surface area contributed by atoms with Crippen LogP contribution in [0.1, 0.15) is 23.3 Å². The van der Waals surface area contributed by atoms with Crippen LogP contribution in [0.5, 0.6) is 0 Å². The molecule has 1 aliphatic heterocycles. The number of nitrogens with zero attached hydrogens (tertiary/aromatic N) is 1. The highest BCUT2D eigenvalue weighted by molar-refractivity contribution is 7.10. The maximum Gasteiger partial charge on any atom is 0.0328 e. The van der Waals surface area contributed by atoms with Gasteiger partial charge in [0.1, 0.15) is 0 Å². The van der Waals surface area contributed by atoms with Crippen LogP contribution in [0.2, 0.25) is 0 Å². The molecule has 0 aromatic carbocycles. The molecule has 78 valence electrons. The zero-order chi connectivity index (χ0) is 9.80. The summed E-state index contributed by atoms with van der Waals surface area (Å²) in [6.45, 7) is 4.48. The number of rotatable bonds is 4. The van der Waals surface area contributed by atoms with Crippen molar-refractivity contribution in [1.29, 1.82) is 0 Å². The second kappa shape index (κ2) is 4.91. The largest absolute Gasteiger partial charge is 0.330 e. The van der Waals surface area contributed by atoms with Crippen LogP contribution in [0.3, 0.4) is 0 Å². The molecular formula is C11H18N2S. The van der Waals surface area contributed by atoms with Crippen LogP contribution in [-0.4, -0.2) is 24.5 Å². The summed E-state index contributed by atoms with van der Waals surface area (Å²) in [6.07, 6.45) is 3.78. The SMILES string of the molecule is NCCc1csc(CN2CCCC2)c1. The monoisotopic (exact) mass is 210 g/mol. The Morgan fingerprint density at radius 3 is 2.86 bits per heavy atom. The molecule has 0 spiro atoms. The average Bonchev–Trinajstić information content (AvgIpc) is 2.79. The van der Waals surface area contributed by atoms with Crippen LogP contribution in [0.25, 0.3) is 0 Å². The van der Waals surface area contributed by atoms with E-state index < -0.39 is 0 Å². The highest BCUT2D eigenvalue weighted by atomic mass is 32.1. The van der Waals surface area contributed by atoms with Gasteiger partial charge in [0.25, 0.3) is 0 Å². The Balaban J connectivity index is 1.88. The van der Waals surface area contributed by atoms with Gasteiger partial charge in [0.2, 0.25) is 0 Å². The van der Waals surface area contributed by atoms with Crippen molar-refractivity contribution in [1.82, 2.24) is 4.90 Å². The third-order valence-electron chi connectivity index (χ3n) is 2.72. The lowest BCUT2D eigenvalue weighted by atomic mass is 10.2. The van der Waals surface area contributed by atoms with Gasteiger partial charge in [-0.1, -0.05) is 0 Å². The van der Waals surface area contributed by atoms with Crippen molar-refractivity contribution in [3.8, 4) is 0 Å². The number of hydrogen-bond donors (Lipinski definition) is 1. The second-order valence-corrected chi connectivity index (χ2v) is 4.94. The number of likely N-dealkylation sites (tertiary alicyclic amines) is 1. The summed E-state index contributed by atoms with van der Waals surface area (Å²) >= 11 is 1.88. The first-order chi connectivity index (χ1) is 6.88. The van der Waals surface area contributed by atoms with Gasteiger partial charge in [0.15, 0.2) is 0 Å². The lowest BCUT2D eigenvalue weighted by Crippen LogP contribution is -2.17. The molecule has 2 heterocycles. The molecule has 0 bridgehead atoms. The highest BCUT2D eigenvalue weighted by Gasteiger charge is 2.12. The molecule has 0 atom stereocenters. The van der Waals surface area contributed by atoms with Gasteiger partial charge in [-0.15, -0.1) is 11.3 Å². The average molecular weight is 210 g/mol. The molecule has 2 N–H and O–H groups in total. The van der Waals surface area contributed by atoms with E-state index >= 15 is 0 Å². The Bertz CT molecular complexity index is 277. The molecule has 3 heteroatoms. The molecule has 2 rings (SSSR count). The molecular weight excluding hydrogens is 192 g/mol. The predicted molar refractivity (Wildman–Crippen MR) is 61.6 cm³/mol. The smallest absolute Gasteiger partial charge is 0.0328 e. The van der Waals surface area contributed by atoms with Gasteiger partial charge in [-0.2, -0.15) is 0 Å². The zero-order valence-electron chi connectivity index (χ0n) is 8.54. The topological polar surface area (TPSA) is 29.3 Å². The van der Waals surface area contributed by atoms with Gasteiger partial charge < -0.3 is 5.73 Å². The molecule has 0 aliphatic carbocycles. The van der Waals surface area contributed by atoms with E-state index in [1.54, 1.807) is 0 Å². The molecule has 0 amide bonds. The maximum absolute atomic E-state index is 5.53. The van der Waals surface area contributed by atoms with Crippen LogP contribution >= 0.6 is 11.3 Å². The second-order valence-electron chi connectivity index (χ2n) is 3.94. The van der Waals surface area contributed by atoms with Crippen molar-refractivity contribution in [2.45, 2.75) is 25.8 Å². The van der Waals surface area contributed by atoms with E-state index in [2.05, 4.69) is 16.3 Å². The van der Waals surface area contributed by atoms with Crippen molar-refractivity contribution in [2.75, 3.05) is 19.6 Å². The van der Waals surface area contributed by atoms with Gasteiger partial charge >= 0.3 is 0 Å². The molecule has 1 aromatic rings. The molecule has 0 saturated carbocycles. The molecule has 0 radical (unpaired) electrons. The first-order valence-corrected chi connectivity index (χ1v) is 6.25. The summed E-state index contributed by atoms with van der Waals surface area (Å²) in [5.41, 5.74) is 6.94. The summed E-state index contributed by atoms with van der Waals surface area (Å²) in [4.78, 5) is 4.04. The summed E-state index contributed by atoms with van der Waals surface area (Å²) in [5, 5.41) is 2.25. The van der Waals surface area contributed by atoms with Crippen LogP contribution in [0, 0.1) is 0 Å². The van der Waals surface area contributed by atoms with Gasteiger partial charge in [0, 0.05) is 11.4 Å².